The summed E-state index contributed by atoms with van der Waals surface area (Å²) >= 11 is 0. The minimum Gasteiger partial charge on any atom is -0.480 e. The van der Waals surface area contributed by atoms with Crippen LogP contribution in [0.1, 0.15) is 12.5 Å². The van der Waals surface area contributed by atoms with Crippen LogP contribution in [-0.2, 0) is 21.3 Å². The molecule has 0 fully saturated rings. The highest BCUT2D eigenvalue weighted by atomic mass is 32.2. The van der Waals surface area contributed by atoms with Crippen molar-refractivity contribution in [2.24, 2.45) is 5.73 Å². The van der Waals surface area contributed by atoms with Crippen LogP contribution in [0.3, 0.4) is 0 Å². The van der Waals surface area contributed by atoms with Crippen molar-refractivity contribution in [3.8, 4) is 5.75 Å². The maximum absolute atomic E-state index is 11.1. The molecule has 0 aromatic heterocycles. The lowest BCUT2D eigenvalue weighted by molar-refractivity contribution is -0.142. The summed E-state index contributed by atoms with van der Waals surface area (Å²) in [5.41, 5.74) is 10.4. The molecule has 0 aliphatic heterocycles. The van der Waals surface area contributed by atoms with Crippen LogP contribution >= 0.6 is 0 Å². The number of carboxylic acid groups (broad SMARTS) is 1. The first kappa shape index (κ1) is 15.3. The van der Waals surface area contributed by atoms with Crippen LogP contribution in [0, 0.1) is 0 Å². The molecule has 0 saturated heterocycles. The van der Waals surface area contributed by atoms with E-state index in [1.54, 1.807) is 6.07 Å². The van der Waals surface area contributed by atoms with E-state index in [1.807, 2.05) is 0 Å². The molecule has 0 saturated carbocycles. The molecule has 0 heterocycles. The second-order valence-corrected chi connectivity index (χ2v) is 6.13. The zero-order valence-electron chi connectivity index (χ0n) is 10.6. The lowest BCUT2D eigenvalue weighted by Crippen LogP contribution is -2.46. The first-order valence-corrected chi connectivity index (χ1v) is 7.13. The van der Waals surface area contributed by atoms with E-state index in [4.69, 9.17) is 20.8 Å². The third-order valence-corrected chi connectivity index (χ3v) is 2.86. The number of nitrogens with two attached hydrogens (primary N) is 2. The van der Waals surface area contributed by atoms with Crippen molar-refractivity contribution in [3.05, 3.63) is 23.8 Å². The highest BCUT2D eigenvalue weighted by Crippen LogP contribution is 2.25. The van der Waals surface area contributed by atoms with Gasteiger partial charge in [-0.25, -0.2) is 0 Å². The first-order chi connectivity index (χ1) is 8.51. The average Bonchev–Trinajstić information content (AvgIpc) is 2.20. The van der Waals surface area contributed by atoms with Crippen LogP contribution in [0.25, 0.3) is 0 Å². The zero-order valence-corrected chi connectivity index (χ0v) is 11.4. The highest BCUT2D eigenvalue weighted by molar-refractivity contribution is 7.86. The zero-order chi connectivity index (χ0) is 14.8. The molecule has 5 N–H and O–H groups in total. The fourth-order valence-electron chi connectivity index (χ4n) is 1.42. The molecule has 0 radical (unpaired) electrons. The Morgan fingerprint density at radius 3 is 2.53 bits per heavy atom. The van der Waals surface area contributed by atoms with Crippen LogP contribution in [-0.4, -0.2) is 31.3 Å². The second-order valence-electron chi connectivity index (χ2n) is 4.56. The van der Waals surface area contributed by atoms with E-state index < -0.39 is 21.6 Å². The Labute approximate surface area is 111 Å². The Morgan fingerprint density at radius 2 is 2.05 bits per heavy atom. The van der Waals surface area contributed by atoms with Crippen molar-refractivity contribution >= 4 is 21.8 Å². The monoisotopic (exact) mass is 288 g/mol. The van der Waals surface area contributed by atoms with E-state index in [0.29, 0.717) is 5.56 Å². The summed E-state index contributed by atoms with van der Waals surface area (Å²) in [7, 11) is -3.70. The summed E-state index contributed by atoms with van der Waals surface area (Å²) in [5.74, 6) is -1.20. The quantitative estimate of drug-likeness (QED) is 0.511. The van der Waals surface area contributed by atoms with Crippen LogP contribution in [0.4, 0.5) is 5.69 Å². The molecule has 0 amide bonds. The molecule has 0 aliphatic rings. The molecule has 8 heteroatoms. The van der Waals surface area contributed by atoms with Gasteiger partial charge in [-0.15, -0.1) is 0 Å². The normalized spacial score (nSPS) is 14.7. The van der Waals surface area contributed by atoms with Crippen LogP contribution in [0.5, 0.6) is 5.75 Å². The van der Waals surface area contributed by atoms with Crippen molar-refractivity contribution in [1.29, 1.82) is 0 Å². The number of benzene rings is 1. The number of hydrogen-bond donors (Lipinski definition) is 3. The highest BCUT2D eigenvalue weighted by Gasteiger charge is 2.28. The van der Waals surface area contributed by atoms with Crippen LogP contribution in [0.15, 0.2) is 18.2 Å². The molecular weight excluding hydrogens is 272 g/mol. The third-order valence-electron chi connectivity index (χ3n) is 2.38. The second kappa shape index (κ2) is 5.06. The van der Waals surface area contributed by atoms with Gasteiger partial charge < -0.3 is 20.8 Å². The Morgan fingerprint density at radius 1 is 1.47 bits per heavy atom. The minimum absolute atomic E-state index is 0.0166. The first-order valence-electron chi connectivity index (χ1n) is 5.31. The SMILES string of the molecule is CC(N)(Cc1ccc(N)c(OS(C)(=O)=O)c1)C(=O)O. The molecule has 1 aromatic rings. The van der Waals surface area contributed by atoms with E-state index >= 15 is 0 Å². The smallest absolute Gasteiger partial charge is 0.323 e. The molecule has 1 atom stereocenters. The van der Waals surface area contributed by atoms with Crippen molar-refractivity contribution in [2.75, 3.05) is 12.0 Å². The summed E-state index contributed by atoms with van der Waals surface area (Å²) in [6, 6.07) is 4.37. The summed E-state index contributed by atoms with van der Waals surface area (Å²) < 4.78 is 26.8. The van der Waals surface area contributed by atoms with Crippen LogP contribution < -0.4 is 15.7 Å². The van der Waals surface area contributed by atoms with Gasteiger partial charge >= 0.3 is 16.1 Å². The van der Waals surface area contributed by atoms with Gasteiger partial charge in [0.2, 0.25) is 0 Å². The molecular formula is C11H16N2O5S. The van der Waals surface area contributed by atoms with E-state index in [-0.39, 0.29) is 17.9 Å². The van der Waals surface area contributed by atoms with Crippen molar-refractivity contribution in [3.63, 3.8) is 0 Å². The molecule has 106 valence electrons. The number of carbonyl (C=O) groups is 1. The maximum atomic E-state index is 11.1. The van der Waals surface area contributed by atoms with Gasteiger partial charge in [0.1, 0.15) is 5.54 Å². The molecule has 19 heavy (non-hydrogen) atoms. The summed E-state index contributed by atoms with van der Waals surface area (Å²) in [6.07, 6.45) is 0.909. The van der Waals surface area contributed by atoms with Gasteiger partial charge in [0.25, 0.3) is 0 Å². The van der Waals surface area contributed by atoms with Gasteiger partial charge in [-0.05, 0) is 24.6 Å². The summed E-state index contributed by atoms with van der Waals surface area (Å²) in [5, 5.41) is 8.94. The standard InChI is InChI=1S/C11H16N2O5S/c1-11(13,10(14)15)6-7-3-4-8(12)9(5-7)18-19(2,16)17/h3-5H,6,12-13H2,1-2H3,(H,14,15). The third kappa shape index (κ3) is 4.42. The minimum atomic E-state index is -3.70. The number of nitrogen functional groups attached to an aromatic ring is 1. The van der Waals surface area contributed by atoms with Gasteiger partial charge in [0.05, 0.1) is 11.9 Å². The van der Waals surface area contributed by atoms with E-state index in [0.717, 1.165) is 6.26 Å². The Hall–Kier alpha value is -1.80. The fourth-order valence-corrected chi connectivity index (χ4v) is 1.89. The molecule has 1 rings (SSSR count). The van der Waals surface area contributed by atoms with Crippen LogP contribution in [0.2, 0.25) is 0 Å². The summed E-state index contributed by atoms with van der Waals surface area (Å²) in [6.45, 7) is 1.36. The lowest BCUT2D eigenvalue weighted by Gasteiger charge is -2.19. The Bertz CT molecular complexity index is 595. The van der Waals surface area contributed by atoms with Gasteiger partial charge in [0.15, 0.2) is 5.75 Å². The predicted molar refractivity (Wildman–Crippen MR) is 70.3 cm³/mol. The van der Waals surface area contributed by atoms with Gasteiger partial charge in [-0.2, -0.15) is 8.42 Å². The van der Waals surface area contributed by atoms with Gasteiger partial charge in [-0.1, -0.05) is 6.07 Å². The van der Waals surface area contributed by atoms with E-state index in [9.17, 15) is 13.2 Å². The van der Waals surface area contributed by atoms with Crippen molar-refractivity contribution in [2.45, 2.75) is 18.9 Å². The largest absolute Gasteiger partial charge is 0.480 e. The molecule has 0 spiro atoms. The average molecular weight is 288 g/mol. The number of rotatable bonds is 5. The lowest BCUT2D eigenvalue weighted by atomic mass is 9.94. The number of anilines is 1. The number of aliphatic carboxylic acids is 1. The summed E-state index contributed by atoms with van der Waals surface area (Å²) in [4.78, 5) is 10.9. The topological polar surface area (TPSA) is 133 Å². The molecule has 1 unspecified atom stereocenters. The van der Waals surface area contributed by atoms with Gasteiger partial charge in [0, 0.05) is 6.42 Å². The fraction of sp³-hybridized carbons (Fsp3) is 0.364. The Balaban J connectivity index is 3.06. The molecule has 1 aromatic carbocycles. The van der Waals surface area contributed by atoms with Crippen molar-refractivity contribution < 1.29 is 22.5 Å². The van der Waals surface area contributed by atoms with Gasteiger partial charge in [-0.3, -0.25) is 4.79 Å². The van der Waals surface area contributed by atoms with Crippen molar-refractivity contribution in [1.82, 2.24) is 0 Å². The molecule has 0 bridgehead atoms. The predicted octanol–water partition coefficient (Wildman–Crippen LogP) is -0.0483. The molecule has 0 aliphatic carbocycles. The number of carboxylic acids is 1. The van der Waals surface area contributed by atoms with E-state index in [1.165, 1.54) is 19.1 Å². The molecule has 7 nitrogen and oxygen atoms in total. The Kier molecular flexibility index (Phi) is 4.06. The number of hydrogen-bond acceptors (Lipinski definition) is 6. The van der Waals surface area contributed by atoms with E-state index in [2.05, 4.69) is 0 Å². The maximum Gasteiger partial charge on any atom is 0.323 e.